The van der Waals surface area contributed by atoms with Crippen LogP contribution in [-0.4, -0.2) is 28.4 Å². The zero-order chi connectivity index (χ0) is 23.8. The van der Waals surface area contributed by atoms with Crippen molar-refractivity contribution in [3.63, 3.8) is 0 Å². The minimum absolute atomic E-state index is 0.210. The number of ketones is 1. The van der Waals surface area contributed by atoms with Crippen LogP contribution in [0.4, 0.5) is 0 Å². The summed E-state index contributed by atoms with van der Waals surface area (Å²) in [5, 5.41) is 0.962. The van der Waals surface area contributed by atoms with E-state index in [1.54, 1.807) is 50.6 Å². The number of hydrogen-bond acceptors (Lipinski definition) is 6. The molecule has 34 heavy (non-hydrogen) atoms. The second-order valence-corrected chi connectivity index (χ2v) is 7.94. The van der Waals surface area contributed by atoms with Gasteiger partial charge in [-0.05, 0) is 61.9 Å². The van der Waals surface area contributed by atoms with Crippen molar-refractivity contribution in [2.24, 2.45) is 0 Å². The summed E-state index contributed by atoms with van der Waals surface area (Å²) in [5.41, 5.74) is 3.36. The molecule has 4 aromatic rings. The second-order valence-electron chi connectivity index (χ2n) is 7.94. The second kappa shape index (κ2) is 8.51. The van der Waals surface area contributed by atoms with Gasteiger partial charge in [0.1, 0.15) is 17.2 Å². The predicted octanol–water partition coefficient (Wildman–Crippen LogP) is 5.21. The molecule has 0 fully saturated rings. The highest BCUT2D eigenvalue weighted by molar-refractivity contribution is 6.16. The van der Waals surface area contributed by atoms with E-state index in [0.29, 0.717) is 28.2 Å². The van der Waals surface area contributed by atoms with Gasteiger partial charge in [-0.1, -0.05) is 0 Å². The van der Waals surface area contributed by atoms with Crippen LogP contribution in [0.3, 0.4) is 0 Å². The number of Topliss-reactive ketones (excluding diaryl/α,β-unsaturated/α-hetero) is 1. The number of nitrogens with zero attached hydrogens (tertiary/aromatic N) is 2. The first-order valence-corrected chi connectivity index (χ1v) is 10.9. The summed E-state index contributed by atoms with van der Waals surface area (Å²) < 4.78 is 18.9. The minimum atomic E-state index is -0.533. The summed E-state index contributed by atoms with van der Waals surface area (Å²) in [4.78, 5) is 29.5. The molecule has 2 aromatic heterocycles. The number of aryl methyl sites for hydroxylation is 2. The van der Waals surface area contributed by atoms with Crippen molar-refractivity contribution in [3.8, 4) is 17.2 Å². The molecule has 0 amide bonds. The first kappa shape index (κ1) is 21.5. The van der Waals surface area contributed by atoms with Crippen molar-refractivity contribution in [1.82, 2.24) is 9.55 Å². The molecule has 0 atom stereocenters. The van der Waals surface area contributed by atoms with Crippen LogP contribution in [0.1, 0.15) is 38.8 Å². The number of methoxy groups -OCH3 is 1. The van der Waals surface area contributed by atoms with Crippen molar-refractivity contribution in [1.29, 1.82) is 0 Å². The lowest BCUT2D eigenvalue weighted by Gasteiger charge is -2.07. The third-order valence-corrected chi connectivity index (χ3v) is 5.80. The summed E-state index contributed by atoms with van der Waals surface area (Å²) in [7, 11) is 1.62. The number of esters is 1. The minimum Gasteiger partial charge on any atom is -0.497 e. The molecule has 2 aromatic carbocycles. The number of fused-ring (bicyclic) bond motifs is 2. The maximum atomic E-state index is 13.2. The van der Waals surface area contributed by atoms with Gasteiger partial charge in [0, 0.05) is 47.7 Å². The Morgan fingerprint density at radius 2 is 2.03 bits per heavy atom. The number of pyridine rings is 1. The molecular weight excluding hydrogens is 432 g/mol. The third-order valence-electron chi connectivity index (χ3n) is 5.80. The van der Waals surface area contributed by atoms with E-state index < -0.39 is 5.97 Å². The van der Waals surface area contributed by atoms with E-state index in [-0.39, 0.29) is 11.5 Å². The molecule has 0 saturated carbocycles. The lowest BCUT2D eigenvalue weighted by atomic mass is 10.0. The van der Waals surface area contributed by atoms with Gasteiger partial charge in [0.15, 0.2) is 5.76 Å². The number of benzene rings is 2. The smallest absolute Gasteiger partial charge is 0.345 e. The molecule has 0 bridgehead atoms. The number of carbonyl (C=O) groups is 2. The van der Waals surface area contributed by atoms with Gasteiger partial charge >= 0.3 is 5.97 Å². The molecule has 3 heterocycles. The zero-order valence-corrected chi connectivity index (χ0v) is 19.0. The summed E-state index contributed by atoms with van der Waals surface area (Å²) in [5.74, 6) is 0.867. The lowest BCUT2D eigenvalue weighted by Crippen LogP contribution is -2.09. The topological polar surface area (TPSA) is 79.7 Å². The molecule has 5 rings (SSSR count). The summed E-state index contributed by atoms with van der Waals surface area (Å²) in [6.45, 7) is 4.63. The van der Waals surface area contributed by atoms with Gasteiger partial charge in [-0.2, -0.15) is 0 Å². The normalized spacial score (nSPS) is 13.7. The quantitative estimate of drug-likeness (QED) is 0.234. The standard InChI is InChI=1S/C27H22N2O5/c1-4-29-15-18(21-12-19(32-3)7-8-22(21)29)11-24-26(30)25-16(2)10-20(13-23(25)34-24)33-27(31)17-6-5-9-28-14-17/h5-15H,4H2,1-3H3/b24-11-. The van der Waals surface area contributed by atoms with Gasteiger partial charge in [-0.3, -0.25) is 9.78 Å². The van der Waals surface area contributed by atoms with E-state index in [2.05, 4.69) is 16.5 Å². The van der Waals surface area contributed by atoms with Gasteiger partial charge in [0.05, 0.1) is 18.2 Å². The first-order valence-electron chi connectivity index (χ1n) is 10.9. The Morgan fingerprint density at radius 1 is 1.18 bits per heavy atom. The van der Waals surface area contributed by atoms with Crippen LogP contribution in [-0.2, 0) is 6.54 Å². The number of rotatable bonds is 5. The van der Waals surface area contributed by atoms with Crippen LogP contribution in [0, 0.1) is 6.92 Å². The van der Waals surface area contributed by atoms with Crippen LogP contribution in [0.2, 0.25) is 0 Å². The molecule has 170 valence electrons. The monoisotopic (exact) mass is 454 g/mol. The molecule has 0 aliphatic carbocycles. The highest BCUT2D eigenvalue weighted by atomic mass is 16.5. The Labute approximate surface area is 196 Å². The summed E-state index contributed by atoms with van der Waals surface area (Å²) in [6.07, 6.45) is 6.75. The Kier molecular flexibility index (Phi) is 5.37. The Morgan fingerprint density at radius 3 is 2.76 bits per heavy atom. The number of allylic oxidation sites excluding steroid dienone is 1. The largest absolute Gasteiger partial charge is 0.497 e. The van der Waals surface area contributed by atoms with Gasteiger partial charge in [0.25, 0.3) is 0 Å². The van der Waals surface area contributed by atoms with Crippen molar-refractivity contribution in [2.45, 2.75) is 20.4 Å². The van der Waals surface area contributed by atoms with Crippen LogP contribution >= 0.6 is 0 Å². The molecule has 7 nitrogen and oxygen atoms in total. The molecule has 0 saturated heterocycles. The molecule has 1 aliphatic heterocycles. The highest BCUT2D eigenvalue weighted by Gasteiger charge is 2.30. The van der Waals surface area contributed by atoms with Gasteiger partial charge < -0.3 is 18.8 Å². The van der Waals surface area contributed by atoms with E-state index >= 15 is 0 Å². The molecule has 7 heteroatoms. The van der Waals surface area contributed by atoms with Crippen LogP contribution in [0.15, 0.2) is 66.8 Å². The Balaban J connectivity index is 1.49. The first-order chi connectivity index (χ1) is 16.5. The molecule has 0 radical (unpaired) electrons. The maximum Gasteiger partial charge on any atom is 0.345 e. The van der Waals surface area contributed by atoms with E-state index in [4.69, 9.17) is 14.2 Å². The van der Waals surface area contributed by atoms with E-state index in [9.17, 15) is 9.59 Å². The average molecular weight is 454 g/mol. The fourth-order valence-electron chi connectivity index (χ4n) is 4.13. The van der Waals surface area contributed by atoms with E-state index in [0.717, 1.165) is 28.8 Å². The van der Waals surface area contributed by atoms with Crippen LogP contribution in [0.25, 0.3) is 17.0 Å². The van der Waals surface area contributed by atoms with Gasteiger partial charge in [-0.15, -0.1) is 0 Å². The number of ether oxygens (including phenoxy) is 3. The van der Waals surface area contributed by atoms with Gasteiger partial charge in [-0.25, -0.2) is 4.79 Å². The van der Waals surface area contributed by atoms with Crippen molar-refractivity contribution in [2.75, 3.05) is 7.11 Å². The van der Waals surface area contributed by atoms with E-state index in [1.807, 2.05) is 24.4 Å². The molecule has 1 aliphatic rings. The maximum absolute atomic E-state index is 13.2. The number of hydrogen-bond donors (Lipinski definition) is 0. The molecule has 0 spiro atoms. The Bertz CT molecular complexity index is 1470. The van der Waals surface area contributed by atoms with Crippen LogP contribution < -0.4 is 14.2 Å². The number of aromatic nitrogens is 2. The van der Waals surface area contributed by atoms with E-state index in [1.165, 1.54) is 6.20 Å². The van der Waals surface area contributed by atoms with Crippen molar-refractivity contribution in [3.05, 3.63) is 89.1 Å². The van der Waals surface area contributed by atoms with Crippen molar-refractivity contribution < 1.29 is 23.8 Å². The molecular formula is C27H22N2O5. The molecule has 0 N–H and O–H groups in total. The summed E-state index contributed by atoms with van der Waals surface area (Å²) >= 11 is 0. The third kappa shape index (κ3) is 3.71. The Hall–Kier alpha value is -4.39. The lowest BCUT2D eigenvalue weighted by molar-refractivity contribution is 0.0734. The fourth-order valence-corrected chi connectivity index (χ4v) is 4.13. The summed E-state index contributed by atoms with van der Waals surface area (Å²) in [6, 6.07) is 12.4. The molecule has 0 unspecified atom stereocenters. The predicted molar refractivity (Wildman–Crippen MR) is 127 cm³/mol. The zero-order valence-electron chi connectivity index (χ0n) is 19.0. The fraction of sp³-hybridized carbons (Fsp3) is 0.148. The highest BCUT2D eigenvalue weighted by Crippen LogP contribution is 2.38. The van der Waals surface area contributed by atoms with Gasteiger partial charge in [0.2, 0.25) is 5.78 Å². The SMILES string of the molecule is CCn1cc(/C=C2\Oc3cc(OC(=O)c4cccnc4)cc(C)c3C2=O)c2cc(OC)ccc21. The van der Waals surface area contributed by atoms with Crippen LogP contribution in [0.5, 0.6) is 17.2 Å². The number of carbonyl (C=O) groups excluding carboxylic acids is 2. The van der Waals surface area contributed by atoms with Crippen molar-refractivity contribution >= 4 is 28.7 Å². The average Bonchev–Trinajstić information content (AvgIpc) is 3.36.